The van der Waals surface area contributed by atoms with Crippen molar-refractivity contribution in [3.8, 4) is 0 Å². The summed E-state index contributed by atoms with van der Waals surface area (Å²) in [4.78, 5) is 29.1. The number of H-pyrrole nitrogens is 1. The van der Waals surface area contributed by atoms with E-state index in [9.17, 15) is 9.59 Å². The minimum Gasteiger partial charge on any atom is -0.478 e. The molecule has 1 heterocycles. The fraction of sp³-hybridized carbons (Fsp3) is 0.364. The van der Waals surface area contributed by atoms with Crippen molar-refractivity contribution in [1.82, 2.24) is 15.3 Å². The number of aliphatic carboxylic acids is 1. The Morgan fingerprint density at radius 3 is 2.65 bits per heavy atom. The van der Waals surface area contributed by atoms with Gasteiger partial charge in [-0.05, 0) is 13.8 Å². The molecule has 0 aliphatic rings. The van der Waals surface area contributed by atoms with Gasteiger partial charge in [-0.15, -0.1) is 0 Å². The molecule has 17 heavy (non-hydrogen) atoms. The van der Waals surface area contributed by atoms with Crippen LogP contribution in [-0.2, 0) is 16.0 Å². The number of carbonyl (C=O) groups is 2. The van der Waals surface area contributed by atoms with Gasteiger partial charge in [0.1, 0.15) is 5.82 Å². The molecule has 6 heteroatoms. The molecule has 1 aromatic rings. The van der Waals surface area contributed by atoms with E-state index in [0.29, 0.717) is 13.0 Å². The molecule has 92 valence electrons. The van der Waals surface area contributed by atoms with E-state index in [4.69, 9.17) is 5.11 Å². The number of amides is 1. The van der Waals surface area contributed by atoms with Crippen molar-refractivity contribution in [1.29, 1.82) is 0 Å². The van der Waals surface area contributed by atoms with E-state index >= 15 is 0 Å². The van der Waals surface area contributed by atoms with Crippen LogP contribution in [0.5, 0.6) is 0 Å². The highest BCUT2D eigenvalue weighted by Gasteiger charge is 2.11. The van der Waals surface area contributed by atoms with Crippen molar-refractivity contribution in [3.05, 3.63) is 29.4 Å². The molecule has 0 saturated carbocycles. The summed E-state index contributed by atoms with van der Waals surface area (Å²) in [6.07, 6.45) is 3.92. The van der Waals surface area contributed by atoms with E-state index < -0.39 is 5.97 Å². The van der Waals surface area contributed by atoms with Crippen molar-refractivity contribution in [2.24, 2.45) is 0 Å². The minimum atomic E-state index is -1.08. The number of nitrogens with one attached hydrogen (secondary N) is 2. The number of hydrogen-bond acceptors (Lipinski definition) is 3. The van der Waals surface area contributed by atoms with E-state index in [1.165, 1.54) is 13.8 Å². The Balaban J connectivity index is 2.45. The monoisotopic (exact) mass is 237 g/mol. The first-order valence-electron chi connectivity index (χ1n) is 5.19. The zero-order valence-electron chi connectivity index (χ0n) is 9.78. The fourth-order valence-electron chi connectivity index (χ4n) is 1.19. The lowest BCUT2D eigenvalue weighted by molar-refractivity contribution is -0.133. The summed E-state index contributed by atoms with van der Waals surface area (Å²) in [7, 11) is 0. The van der Waals surface area contributed by atoms with E-state index in [2.05, 4.69) is 15.3 Å². The first-order chi connectivity index (χ1) is 8.02. The first-order valence-corrected chi connectivity index (χ1v) is 5.19. The number of carboxylic acids is 1. The Hall–Kier alpha value is -2.11. The second-order valence-corrected chi connectivity index (χ2v) is 3.60. The summed E-state index contributed by atoms with van der Waals surface area (Å²) in [5.41, 5.74) is 0.275. The number of carbonyl (C=O) groups excluding carboxylic acids is 1. The van der Waals surface area contributed by atoms with Crippen molar-refractivity contribution in [3.63, 3.8) is 0 Å². The number of hydrogen-bond donors (Lipinski definition) is 3. The third-order valence-electron chi connectivity index (χ3n) is 2.43. The zero-order chi connectivity index (χ0) is 12.8. The molecular weight excluding hydrogens is 222 g/mol. The van der Waals surface area contributed by atoms with Crippen LogP contribution in [0, 0.1) is 0 Å². The molecular formula is C11H15N3O3. The van der Waals surface area contributed by atoms with Crippen molar-refractivity contribution >= 4 is 11.9 Å². The normalized spacial score (nSPS) is 11.9. The Kier molecular flexibility index (Phi) is 4.45. The maximum atomic E-state index is 11.6. The smallest absolute Gasteiger partial charge is 0.331 e. The lowest BCUT2D eigenvalue weighted by Gasteiger charge is -2.05. The quantitative estimate of drug-likeness (QED) is 0.649. The molecule has 0 fully saturated rings. The highest BCUT2D eigenvalue weighted by molar-refractivity contribution is 6.01. The molecule has 6 nitrogen and oxygen atoms in total. The Labute approximate surface area is 98.8 Å². The highest BCUT2D eigenvalue weighted by atomic mass is 16.4. The average molecular weight is 237 g/mol. The predicted molar refractivity (Wildman–Crippen MR) is 61.3 cm³/mol. The second-order valence-electron chi connectivity index (χ2n) is 3.60. The molecule has 0 atom stereocenters. The van der Waals surface area contributed by atoms with Gasteiger partial charge in [0.15, 0.2) is 0 Å². The van der Waals surface area contributed by atoms with Crippen LogP contribution in [0.3, 0.4) is 0 Å². The number of aromatic amines is 1. The SMILES string of the molecule is C/C(C(=O)O)=C(/C)C(=O)NCCc1ncc[nH]1. The second kappa shape index (κ2) is 5.83. The molecule has 0 bridgehead atoms. The Bertz CT molecular complexity index is 435. The largest absolute Gasteiger partial charge is 0.478 e. The third-order valence-corrected chi connectivity index (χ3v) is 2.43. The van der Waals surface area contributed by atoms with Gasteiger partial charge in [0.25, 0.3) is 0 Å². The molecule has 1 amide bonds. The molecule has 0 spiro atoms. The van der Waals surface area contributed by atoms with Gasteiger partial charge in [-0.3, -0.25) is 4.79 Å². The number of rotatable bonds is 5. The number of aromatic nitrogens is 2. The Morgan fingerprint density at radius 2 is 2.12 bits per heavy atom. The first kappa shape index (κ1) is 13.0. The van der Waals surface area contributed by atoms with Gasteiger partial charge in [0.2, 0.25) is 5.91 Å². The predicted octanol–water partition coefficient (Wildman–Crippen LogP) is 0.489. The van der Waals surface area contributed by atoms with Crippen LogP contribution in [0.25, 0.3) is 0 Å². The molecule has 1 rings (SSSR count). The summed E-state index contributed by atoms with van der Waals surface area (Å²) in [5, 5.41) is 11.4. The van der Waals surface area contributed by atoms with Crippen LogP contribution in [0.1, 0.15) is 19.7 Å². The van der Waals surface area contributed by atoms with Crippen LogP contribution in [0.4, 0.5) is 0 Å². The van der Waals surface area contributed by atoms with Gasteiger partial charge >= 0.3 is 5.97 Å². The summed E-state index contributed by atoms with van der Waals surface area (Å²) < 4.78 is 0. The standard InChI is InChI=1S/C11H15N3O3/c1-7(8(2)11(16)17)10(15)14-4-3-9-12-5-6-13-9/h5-6H,3-4H2,1-2H3,(H,12,13)(H,14,15)(H,16,17)/b8-7+. The number of carboxylic acid groups (broad SMARTS) is 1. The molecule has 0 aliphatic heterocycles. The van der Waals surface area contributed by atoms with E-state index in [1.54, 1.807) is 12.4 Å². The molecule has 0 saturated heterocycles. The van der Waals surface area contributed by atoms with Crippen LogP contribution < -0.4 is 5.32 Å². The van der Waals surface area contributed by atoms with E-state index in [1.807, 2.05) is 0 Å². The molecule has 0 radical (unpaired) electrons. The van der Waals surface area contributed by atoms with E-state index in [-0.39, 0.29) is 17.1 Å². The third kappa shape index (κ3) is 3.75. The highest BCUT2D eigenvalue weighted by Crippen LogP contribution is 2.03. The molecule has 1 aromatic heterocycles. The molecule has 0 aliphatic carbocycles. The maximum absolute atomic E-state index is 11.6. The lowest BCUT2D eigenvalue weighted by atomic mass is 10.1. The number of nitrogens with zero attached hydrogens (tertiary/aromatic N) is 1. The van der Waals surface area contributed by atoms with Gasteiger partial charge in [0.05, 0.1) is 0 Å². The van der Waals surface area contributed by atoms with E-state index in [0.717, 1.165) is 5.82 Å². The Morgan fingerprint density at radius 1 is 1.41 bits per heavy atom. The van der Waals surface area contributed by atoms with Gasteiger partial charge in [-0.1, -0.05) is 0 Å². The summed E-state index contributed by atoms with van der Waals surface area (Å²) in [6, 6.07) is 0. The lowest BCUT2D eigenvalue weighted by Crippen LogP contribution is -2.27. The molecule has 0 unspecified atom stereocenters. The van der Waals surface area contributed by atoms with Crippen LogP contribution in [-0.4, -0.2) is 33.5 Å². The summed E-state index contributed by atoms with van der Waals surface area (Å²) >= 11 is 0. The van der Waals surface area contributed by atoms with Crippen LogP contribution in [0.2, 0.25) is 0 Å². The van der Waals surface area contributed by atoms with Crippen molar-refractivity contribution in [2.45, 2.75) is 20.3 Å². The minimum absolute atomic E-state index is 0.0560. The van der Waals surface area contributed by atoms with Gasteiger partial charge in [0, 0.05) is 36.5 Å². The fourth-order valence-corrected chi connectivity index (χ4v) is 1.19. The van der Waals surface area contributed by atoms with Gasteiger partial charge in [-0.25, -0.2) is 9.78 Å². The zero-order valence-corrected chi connectivity index (χ0v) is 9.78. The molecule has 3 N–H and O–H groups in total. The maximum Gasteiger partial charge on any atom is 0.331 e. The van der Waals surface area contributed by atoms with Crippen LogP contribution in [0.15, 0.2) is 23.5 Å². The summed E-state index contributed by atoms with van der Waals surface area (Å²) in [6.45, 7) is 3.31. The van der Waals surface area contributed by atoms with Gasteiger partial charge in [-0.2, -0.15) is 0 Å². The molecule has 0 aromatic carbocycles. The topological polar surface area (TPSA) is 95.1 Å². The van der Waals surface area contributed by atoms with Crippen LogP contribution >= 0.6 is 0 Å². The average Bonchev–Trinajstić information content (AvgIpc) is 2.79. The van der Waals surface area contributed by atoms with Gasteiger partial charge < -0.3 is 15.4 Å². The number of imidazole rings is 1. The van der Waals surface area contributed by atoms with Crippen molar-refractivity contribution in [2.75, 3.05) is 6.54 Å². The van der Waals surface area contributed by atoms with Crippen molar-refractivity contribution < 1.29 is 14.7 Å². The summed E-state index contributed by atoms with van der Waals surface area (Å²) in [5.74, 6) is -0.665.